The van der Waals surface area contributed by atoms with Crippen molar-refractivity contribution in [2.24, 2.45) is 5.73 Å². The Morgan fingerprint density at radius 2 is 2.07 bits per heavy atom. The largest absolute Gasteiger partial charge is 0.405 e. The number of rotatable bonds is 5. The first-order valence-corrected chi connectivity index (χ1v) is 4.47. The molecule has 1 amide bonds. The SMILES string of the molecule is CCCCC(N)C(=O)NCC(F)(F)F. The van der Waals surface area contributed by atoms with Crippen molar-refractivity contribution < 1.29 is 18.0 Å². The molecule has 0 spiro atoms. The van der Waals surface area contributed by atoms with Gasteiger partial charge in [-0.3, -0.25) is 4.79 Å². The average molecular weight is 212 g/mol. The summed E-state index contributed by atoms with van der Waals surface area (Å²) < 4.78 is 35.0. The van der Waals surface area contributed by atoms with Crippen LogP contribution >= 0.6 is 0 Å². The van der Waals surface area contributed by atoms with Crippen LogP contribution in [-0.4, -0.2) is 24.7 Å². The van der Waals surface area contributed by atoms with Crippen LogP contribution in [0.1, 0.15) is 26.2 Å². The minimum Gasteiger partial charge on any atom is -0.346 e. The Morgan fingerprint density at radius 3 is 2.50 bits per heavy atom. The van der Waals surface area contributed by atoms with E-state index in [1.807, 2.05) is 6.92 Å². The Morgan fingerprint density at radius 1 is 1.50 bits per heavy atom. The van der Waals surface area contributed by atoms with Crippen molar-refractivity contribution in [1.29, 1.82) is 0 Å². The number of halogens is 3. The van der Waals surface area contributed by atoms with Crippen molar-refractivity contribution in [3.8, 4) is 0 Å². The van der Waals surface area contributed by atoms with Gasteiger partial charge in [-0.1, -0.05) is 19.8 Å². The molecule has 0 aliphatic rings. The third-order valence-electron chi connectivity index (χ3n) is 1.67. The number of alkyl halides is 3. The van der Waals surface area contributed by atoms with Gasteiger partial charge in [0.1, 0.15) is 6.54 Å². The van der Waals surface area contributed by atoms with Gasteiger partial charge in [-0.25, -0.2) is 0 Å². The summed E-state index contributed by atoms with van der Waals surface area (Å²) >= 11 is 0. The van der Waals surface area contributed by atoms with E-state index in [4.69, 9.17) is 5.73 Å². The first-order chi connectivity index (χ1) is 6.37. The molecule has 0 aromatic heterocycles. The van der Waals surface area contributed by atoms with Crippen molar-refractivity contribution in [3.63, 3.8) is 0 Å². The minimum atomic E-state index is -4.37. The molecule has 0 bridgehead atoms. The predicted molar refractivity (Wildman–Crippen MR) is 46.6 cm³/mol. The Kier molecular flexibility index (Phi) is 5.52. The summed E-state index contributed by atoms with van der Waals surface area (Å²) in [5.41, 5.74) is 5.35. The highest BCUT2D eigenvalue weighted by Crippen LogP contribution is 2.12. The Balaban J connectivity index is 3.73. The van der Waals surface area contributed by atoms with Gasteiger partial charge < -0.3 is 11.1 Å². The van der Waals surface area contributed by atoms with Gasteiger partial charge in [0, 0.05) is 0 Å². The molecule has 6 heteroatoms. The molecule has 0 aliphatic heterocycles. The number of hydrogen-bond donors (Lipinski definition) is 2. The Hall–Kier alpha value is -0.780. The van der Waals surface area contributed by atoms with Gasteiger partial charge >= 0.3 is 6.18 Å². The van der Waals surface area contributed by atoms with E-state index in [0.717, 1.165) is 12.8 Å². The molecule has 0 aliphatic carbocycles. The molecule has 0 radical (unpaired) electrons. The molecule has 0 saturated carbocycles. The molecular formula is C8H15F3N2O. The maximum Gasteiger partial charge on any atom is 0.405 e. The molecule has 1 atom stereocenters. The molecule has 84 valence electrons. The Labute approximate surface area is 80.8 Å². The zero-order chi connectivity index (χ0) is 11.2. The monoisotopic (exact) mass is 212 g/mol. The lowest BCUT2D eigenvalue weighted by Gasteiger charge is -2.12. The van der Waals surface area contributed by atoms with Gasteiger partial charge in [-0.2, -0.15) is 13.2 Å². The number of amides is 1. The fourth-order valence-corrected chi connectivity index (χ4v) is 0.874. The van der Waals surface area contributed by atoms with Crippen LogP contribution < -0.4 is 11.1 Å². The summed E-state index contributed by atoms with van der Waals surface area (Å²) in [7, 11) is 0. The van der Waals surface area contributed by atoms with Gasteiger partial charge in [-0.05, 0) is 6.42 Å². The van der Waals surface area contributed by atoms with Crippen LogP contribution in [0.15, 0.2) is 0 Å². The molecule has 14 heavy (non-hydrogen) atoms. The number of carbonyl (C=O) groups excluding carboxylic acids is 1. The highest BCUT2D eigenvalue weighted by Gasteiger charge is 2.28. The number of nitrogens with two attached hydrogens (primary N) is 1. The zero-order valence-corrected chi connectivity index (χ0v) is 8.03. The number of hydrogen-bond acceptors (Lipinski definition) is 2. The lowest BCUT2D eigenvalue weighted by molar-refractivity contribution is -0.139. The van der Waals surface area contributed by atoms with Crippen LogP contribution in [0, 0.1) is 0 Å². The highest BCUT2D eigenvalue weighted by molar-refractivity contribution is 5.81. The maximum absolute atomic E-state index is 11.7. The summed E-state index contributed by atoms with van der Waals surface area (Å²) in [5, 5.41) is 1.74. The van der Waals surface area contributed by atoms with Crippen LogP contribution in [0.25, 0.3) is 0 Å². The lowest BCUT2D eigenvalue weighted by atomic mass is 10.1. The van der Waals surface area contributed by atoms with Crippen molar-refractivity contribution in [2.45, 2.75) is 38.4 Å². The van der Waals surface area contributed by atoms with Crippen molar-refractivity contribution >= 4 is 5.91 Å². The summed E-state index contributed by atoms with van der Waals surface area (Å²) in [6.07, 6.45) is -2.36. The van der Waals surface area contributed by atoms with E-state index in [9.17, 15) is 18.0 Å². The lowest BCUT2D eigenvalue weighted by Crippen LogP contribution is -2.44. The van der Waals surface area contributed by atoms with E-state index in [-0.39, 0.29) is 0 Å². The summed E-state index contributed by atoms with van der Waals surface area (Å²) in [6, 6.07) is -0.836. The second kappa shape index (κ2) is 5.85. The van der Waals surface area contributed by atoms with Crippen LogP contribution in [0.4, 0.5) is 13.2 Å². The van der Waals surface area contributed by atoms with Gasteiger partial charge in [0.15, 0.2) is 0 Å². The van der Waals surface area contributed by atoms with Crippen LogP contribution in [0.2, 0.25) is 0 Å². The molecule has 0 saturated heterocycles. The van der Waals surface area contributed by atoms with E-state index in [0.29, 0.717) is 6.42 Å². The third-order valence-corrected chi connectivity index (χ3v) is 1.67. The summed E-state index contributed by atoms with van der Waals surface area (Å²) in [5.74, 6) is -0.740. The molecule has 0 aromatic rings. The topological polar surface area (TPSA) is 55.1 Å². The quantitative estimate of drug-likeness (QED) is 0.719. The van der Waals surface area contributed by atoms with Crippen LogP contribution in [0.3, 0.4) is 0 Å². The summed E-state index contributed by atoms with van der Waals surface area (Å²) in [4.78, 5) is 11.0. The molecular weight excluding hydrogens is 197 g/mol. The fourth-order valence-electron chi connectivity index (χ4n) is 0.874. The van der Waals surface area contributed by atoms with E-state index < -0.39 is 24.7 Å². The van der Waals surface area contributed by atoms with Crippen LogP contribution in [0.5, 0.6) is 0 Å². The van der Waals surface area contributed by atoms with E-state index in [1.54, 1.807) is 5.32 Å². The molecule has 0 fully saturated rings. The standard InChI is InChI=1S/C8H15F3N2O/c1-2-3-4-6(12)7(14)13-5-8(9,10)11/h6H,2-5,12H2,1H3,(H,13,14). The van der Waals surface area contributed by atoms with Gasteiger partial charge in [-0.15, -0.1) is 0 Å². The van der Waals surface area contributed by atoms with Crippen molar-refractivity contribution in [1.82, 2.24) is 5.32 Å². The van der Waals surface area contributed by atoms with Gasteiger partial charge in [0.25, 0.3) is 0 Å². The van der Waals surface area contributed by atoms with Gasteiger partial charge in [0.05, 0.1) is 6.04 Å². The first-order valence-electron chi connectivity index (χ1n) is 4.47. The fraction of sp³-hybridized carbons (Fsp3) is 0.875. The first kappa shape index (κ1) is 13.2. The van der Waals surface area contributed by atoms with E-state index >= 15 is 0 Å². The third kappa shape index (κ3) is 6.71. The summed E-state index contributed by atoms with van der Waals surface area (Å²) in [6.45, 7) is 0.603. The molecule has 0 rings (SSSR count). The predicted octanol–water partition coefficient (Wildman–Crippen LogP) is 1.18. The van der Waals surface area contributed by atoms with Crippen LogP contribution in [-0.2, 0) is 4.79 Å². The second-order valence-corrected chi connectivity index (χ2v) is 3.08. The van der Waals surface area contributed by atoms with E-state index in [1.165, 1.54) is 0 Å². The molecule has 3 nitrogen and oxygen atoms in total. The number of nitrogens with one attached hydrogen (secondary N) is 1. The van der Waals surface area contributed by atoms with E-state index in [2.05, 4.69) is 0 Å². The van der Waals surface area contributed by atoms with Crippen molar-refractivity contribution in [2.75, 3.05) is 6.54 Å². The highest BCUT2D eigenvalue weighted by atomic mass is 19.4. The molecule has 0 aromatic carbocycles. The number of carbonyl (C=O) groups is 1. The normalized spacial score (nSPS) is 13.8. The molecule has 3 N–H and O–H groups in total. The van der Waals surface area contributed by atoms with Crippen molar-refractivity contribution in [3.05, 3.63) is 0 Å². The Bertz CT molecular complexity index is 182. The maximum atomic E-state index is 11.7. The second-order valence-electron chi connectivity index (χ2n) is 3.08. The van der Waals surface area contributed by atoms with Gasteiger partial charge in [0.2, 0.25) is 5.91 Å². The molecule has 1 unspecified atom stereocenters. The minimum absolute atomic E-state index is 0.417. The molecule has 0 heterocycles. The number of unbranched alkanes of at least 4 members (excludes halogenated alkanes) is 1. The zero-order valence-electron chi connectivity index (χ0n) is 8.03. The average Bonchev–Trinajstić information content (AvgIpc) is 2.09. The smallest absolute Gasteiger partial charge is 0.346 e.